The first kappa shape index (κ1) is 10.3. The van der Waals surface area contributed by atoms with E-state index < -0.39 is 0 Å². The maximum absolute atomic E-state index is 5.64. The number of hydrogen-bond acceptors (Lipinski definition) is 3. The van der Waals surface area contributed by atoms with Crippen molar-refractivity contribution >= 4 is 28.5 Å². The number of nitrogens with two attached hydrogens (primary N) is 1. The summed E-state index contributed by atoms with van der Waals surface area (Å²) in [7, 11) is 0. The van der Waals surface area contributed by atoms with Gasteiger partial charge in [-0.2, -0.15) is 0 Å². The fraction of sp³-hybridized carbons (Fsp3) is 0.200. The van der Waals surface area contributed by atoms with Crippen LogP contribution >= 0.6 is 23.6 Å². The summed E-state index contributed by atoms with van der Waals surface area (Å²) >= 11 is 6.64. The zero-order chi connectivity index (χ0) is 10.8. The van der Waals surface area contributed by atoms with Crippen LogP contribution in [0.3, 0.4) is 0 Å². The number of thiophene rings is 1. The fourth-order valence-electron chi connectivity index (χ4n) is 1.36. The molecule has 0 amide bonds. The zero-order valence-corrected chi connectivity index (χ0v) is 9.89. The second-order valence-corrected chi connectivity index (χ2v) is 4.63. The van der Waals surface area contributed by atoms with Gasteiger partial charge in [0.15, 0.2) is 5.82 Å². The highest BCUT2D eigenvalue weighted by Crippen LogP contribution is 2.25. The first-order valence-electron chi connectivity index (χ1n) is 4.56. The molecule has 2 aromatic rings. The average Bonchev–Trinajstić information content (AvgIpc) is 2.86. The summed E-state index contributed by atoms with van der Waals surface area (Å²) in [6.45, 7) is 1.97. The van der Waals surface area contributed by atoms with Gasteiger partial charge in [0.25, 0.3) is 0 Å². The minimum atomic E-state index is -0.000370. The average molecular weight is 237 g/mol. The van der Waals surface area contributed by atoms with Crippen molar-refractivity contribution in [3.8, 4) is 10.7 Å². The molecule has 0 spiro atoms. The van der Waals surface area contributed by atoms with Gasteiger partial charge in [0.1, 0.15) is 0 Å². The number of rotatable bonds is 3. The van der Waals surface area contributed by atoms with Crippen molar-refractivity contribution < 1.29 is 0 Å². The van der Waals surface area contributed by atoms with Gasteiger partial charge >= 0.3 is 0 Å². The van der Waals surface area contributed by atoms with Crippen molar-refractivity contribution in [2.45, 2.75) is 13.0 Å². The lowest BCUT2D eigenvalue weighted by molar-refractivity contribution is 0.707. The van der Waals surface area contributed by atoms with Crippen LogP contribution in [-0.4, -0.2) is 14.5 Å². The van der Waals surface area contributed by atoms with Gasteiger partial charge in [0, 0.05) is 12.4 Å². The van der Waals surface area contributed by atoms with Crippen molar-refractivity contribution in [2.75, 3.05) is 0 Å². The number of hydrogen-bond donors (Lipinski definition) is 1. The standard InChI is InChI=1S/C10H11N3S2/c1-7(9(11)14)13-5-4-12-10(13)8-3-2-6-15-8/h2-7H,1H3,(H2,11,14). The predicted octanol–water partition coefficient (Wildman–Crippen LogP) is 2.46. The largest absolute Gasteiger partial charge is 0.392 e. The summed E-state index contributed by atoms with van der Waals surface area (Å²) in [4.78, 5) is 5.93. The van der Waals surface area contributed by atoms with E-state index in [1.807, 2.05) is 35.2 Å². The van der Waals surface area contributed by atoms with Crippen molar-refractivity contribution in [3.63, 3.8) is 0 Å². The molecule has 0 aliphatic rings. The SMILES string of the molecule is CC(C(N)=S)n1ccnc1-c1cccs1. The molecule has 2 N–H and O–H groups in total. The molecule has 2 aromatic heterocycles. The molecule has 15 heavy (non-hydrogen) atoms. The molecule has 0 aliphatic heterocycles. The van der Waals surface area contributed by atoms with Crippen LogP contribution in [-0.2, 0) is 0 Å². The molecule has 2 heterocycles. The Balaban J connectivity index is 2.43. The van der Waals surface area contributed by atoms with Crippen LogP contribution in [0.1, 0.15) is 13.0 Å². The molecule has 0 bridgehead atoms. The molecule has 0 fully saturated rings. The third-order valence-corrected chi connectivity index (χ3v) is 3.45. The third-order valence-electron chi connectivity index (χ3n) is 2.24. The highest BCUT2D eigenvalue weighted by atomic mass is 32.1. The normalized spacial score (nSPS) is 12.6. The van der Waals surface area contributed by atoms with E-state index in [4.69, 9.17) is 18.0 Å². The molecule has 1 unspecified atom stereocenters. The Morgan fingerprint density at radius 1 is 1.67 bits per heavy atom. The number of thiocarbonyl (C=S) groups is 1. The van der Waals surface area contributed by atoms with Crippen LogP contribution in [0.2, 0.25) is 0 Å². The summed E-state index contributed by atoms with van der Waals surface area (Å²) < 4.78 is 1.99. The van der Waals surface area contributed by atoms with Gasteiger partial charge in [-0.1, -0.05) is 18.3 Å². The molecule has 3 nitrogen and oxygen atoms in total. The third kappa shape index (κ3) is 1.93. The topological polar surface area (TPSA) is 43.8 Å². The summed E-state index contributed by atoms with van der Waals surface area (Å²) in [6.07, 6.45) is 3.67. The molecule has 2 rings (SSSR count). The van der Waals surface area contributed by atoms with E-state index in [9.17, 15) is 0 Å². The highest BCUT2D eigenvalue weighted by Gasteiger charge is 2.13. The molecule has 1 atom stereocenters. The minimum Gasteiger partial charge on any atom is -0.392 e. The monoisotopic (exact) mass is 237 g/mol. The molecular formula is C10H11N3S2. The Kier molecular flexibility index (Phi) is 2.83. The van der Waals surface area contributed by atoms with Crippen molar-refractivity contribution in [2.24, 2.45) is 5.73 Å². The van der Waals surface area contributed by atoms with Crippen molar-refractivity contribution in [1.82, 2.24) is 9.55 Å². The first-order valence-corrected chi connectivity index (χ1v) is 5.85. The molecule has 0 saturated carbocycles. The van der Waals surface area contributed by atoms with Crippen LogP contribution in [0, 0.1) is 0 Å². The van der Waals surface area contributed by atoms with Crippen LogP contribution < -0.4 is 5.73 Å². The quantitative estimate of drug-likeness (QED) is 0.834. The summed E-state index contributed by atoms with van der Waals surface area (Å²) in [6, 6.07) is 4.04. The van der Waals surface area contributed by atoms with Gasteiger partial charge in [0.2, 0.25) is 0 Å². The van der Waals surface area contributed by atoms with E-state index in [1.165, 1.54) is 0 Å². The second-order valence-electron chi connectivity index (χ2n) is 3.21. The van der Waals surface area contributed by atoms with Crippen LogP contribution in [0.15, 0.2) is 29.9 Å². The molecule has 5 heteroatoms. The lowest BCUT2D eigenvalue weighted by atomic mass is 10.3. The van der Waals surface area contributed by atoms with Gasteiger partial charge in [-0.25, -0.2) is 4.98 Å². The Morgan fingerprint density at radius 2 is 2.47 bits per heavy atom. The van der Waals surface area contributed by atoms with Gasteiger partial charge in [-0.05, 0) is 18.4 Å². The Labute approximate surface area is 97.6 Å². The first-order chi connectivity index (χ1) is 7.20. The molecule has 78 valence electrons. The Morgan fingerprint density at radius 3 is 3.07 bits per heavy atom. The van der Waals surface area contributed by atoms with E-state index >= 15 is 0 Å². The number of imidazole rings is 1. The van der Waals surface area contributed by atoms with Crippen LogP contribution in [0.25, 0.3) is 10.7 Å². The summed E-state index contributed by atoms with van der Waals surface area (Å²) in [5.74, 6) is 0.922. The van der Waals surface area contributed by atoms with E-state index in [1.54, 1.807) is 17.5 Å². The van der Waals surface area contributed by atoms with Crippen molar-refractivity contribution in [3.05, 3.63) is 29.9 Å². The molecular weight excluding hydrogens is 226 g/mol. The maximum Gasteiger partial charge on any atom is 0.150 e. The summed E-state index contributed by atoms with van der Waals surface area (Å²) in [5.41, 5.74) is 5.64. The van der Waals surface area contributed by atoms with E-state index in [0.29, 0.717) is 4.99 Å². The lowest BCUT2D eigenvalue weighted by Gasteiger charge is -2.13. The molecule has 0 radical (unpaired) electrons. The zero-order valence-electron chi connectivity index (χ0n) is 8.25. The van der Waals surface area contributed by atoms with Crippen molar-refractivity contribution in [1.29, 1.82) is 0 Å². The van der Waals surface area contributed by atoms with E-state index in [2.05, 4.69) is 4.98 Å². The Bertz CT molecular complexity index is 459. The molecule has 0 saturated heterocycles. The smallest absolute Gasteiger partial charge is 0.150 e. The van der Waals surface area contributed by atoms with Crippen LogP contribution in [0.4, 0.5) is 0 Å². The summed E-state index contributed by atoms with van der Waals surface area (Å²) in [5, 5.41) is 2.03. The second kappa shape index (κ2) is 4.12. The maximum atomic E-state index is 5.64. The van der Waals surface area contributed by atoms with Crippen LogP contribution in [0.5, 0.6) is 0 Å². The fourth-order valence-corrected chi connectivity index (χ4v) is 2.20. The minimum absolute atomic E-state index is 0.000370. The number of aromatic nitrogens is 2. The molecule has 0 aliphatic carbocycles. The van der Waals surface area contributed by atoms with Gasteiger partial charge < -0.3 is 10.3 Å². The molecule has 0 aromatic carbocycles. The number of nitrogens with zero attached hydrogens (tertiary/aromatic N) is 2. The Hall–Kier alpha value is -1.20. The highest BCUT2D eigenvalue weighted by molar-refractivity contribution is 7.80. The van der Waals surface area contributed by atoms with E-state index in [-0.39, 0.29) is 6.04 Å². The van der Waals surface area contributed by atoms with Gasteiger partial charge in [-0.15, -0.1) is 11.3 Å². The van der Waals surface area contributed by atoms with E-state index in [0.717, 1.165) is 10.7 Å². The lowest BCUT2D eigenvalue weighted by Crippen LogP contribution is -2.22. The van der Waals surface area contributed by atoms with Gasteiger partial charge in [-0.3, -0.25) is 0 Å². The predicted molar refractivity (Wildman–Crippen MR) is 67.0 cm³/mol. The van der Waals surface area contributed by atoms with Gasteiger partial charge in [0.05, 0.1) is 15.9 Å².